The largest absolute Gasteiger partial charge is 0.379 e. The number of benzene rings is 1. The second-order valence-corrected chi connectivity index (χ2v) is 11.9. The molecule has 0 amide bonds. The van der Waals surface area contributed by atoms with Crippen molar-refractivity contribution in [3.05, 3.63) is 24.3 Å². The predicted molar refractivity (Wildman–Crippen MR) is 127 cm³/mol. The highest BCUT2D eigenvalue weighted by molar-refractivity contribution is 7.99. The minimum Gasteiger partial charge on any atom is -0.379 e. The normalized spacial score (nSPS) is 23.2. The Bertz CT molecular complexity index is 1040. The molecule has 10 heteroatoms. The Kier molecular flexibility index (Phi) is 7.36. The molecule has 3 fully saturated rings. The smallest absolute Gasteiger partial charge is 0.243 e. The molecule has 33 heavy (non-hydrogen) atoms. The lowest BCUT2D eigenvalue weighted by Gasteiger charge is -2.26. The Labute approximate surface area is 200 Å². The quantitative estimate of drug-likeness (QED) is 0.544. The summed E-state index contributed by atoms with van der Waals surface area (Å²) in [5.41, 5.74) is 0.796. The third-order valence-electron chi connectivity index (χ3n) is 6.73. The van der Waals surface area contributed by atoms with Crippen molar-refractivity contribution in [1.29, 1.82) is 0 Å². The van der Waals surface area contributed by atoms with Gasteiger partial charge in [-0.1, -0.05) is 36.7 Å². The fraction of sp³-hybridized carbons (Fsp3) is 0.652. The van der Waals surface area contributed by atoms with E-state index in [1.165, 1.54) is 23.6 Å². The molecule has 2 aromatic rings. The number of hydrogen-bond donors (Lipinski definition) is 0. The number of thioether (sulfide) groups is 1. The molecule has 0 N–H and O–H groups in total. The summed E-state index contributed by atoms with van der Waals surface area (Å²) in [5, 5.41) is 10.0. The van der Waals surface area contributed by atoms with Crippen molar-refractivity contribution in [2.24, 2.45) is 0 Å². The highest BCUT2D eigenvalue weighted by Crippen LogP contribution is 2.37. The van der Waals surface area contributed by atoms with Crippen LogP contribution in [0.4, 0.5) is 0 Å². The van der Waals surface area contributed by atoms with Gasteiger partial charge in [-0.25, -0.2) is 8.42 Å². The molecule has 2 aliphatic heterocycles. The summed E-state index contributed by atoms with van der Waals surface area (Å²) in [6, 6.07) is 7.51. The third kappa shape index (κ3) is 5.14. The lowest BCUT2D eigenvalue weighted by molar-refractivity contribution is 0.0315. The second-order valence-electron chi connectivity index (χ2n) is 8.96. The van der Waals surface area contributed by atoms with Crippen molar-refractivity contribution in [2.75, 3.05) is 38.7 Å². The van der Waals surface area contributed by atoms with Crippen LogP contribution in [-0.4, -0.2) is 72.3 Å². The molecule has 0 spiro atoms. The Hall–Kier alpha value is -1.46. The molecular formula is C23H32N4O4S2. The Morgan fingerprint density at radius 2 is 1.79 bits per heavy atom. The van der Waals surface area contributed by atoms with Crippen LogP contribution in [0.1, 0.15) is 51.0 Å². The highest BCUT2D eigenvalue weighted by Gasteiger charge is 2.29. The molecule has 8 nitrogen and oxygen atoms in total. The standard InChI is InChI=1S/C23H32N4O4S2/c28-33(29,26-11-14-30-15-12-26)21-10-5-6-18(16-21)22-24-25-23(27(22)19-7-1-2-8-19)32-17-20-9-3-4-13-31-20/h5-6,10,16,19-20H,1-4,7-9,11-15,17H2/t20-/m1/s1. The van der Waals surface area contributed by atoms with E-state index < -0.39 is 10.0 Å². The summed E-state index contributed by atoms with van der Waals surface area (Å²) in [6.07, 6.45) is 8.33. The van der Waals surface area contributed by atoms with Gasteiger partial charge in [0.05, 0.1) is 24.2 Å². The second kappa shape index (κ2) is 10.4. The highest BCUT2D eigenvalue weighted by atomic mass is 32.2. The van der Waals surface area contributed by atoms with Crippen LogP contribution in [0.25, 0.3) is 11.4 Å². The van der Waals surface area contributed by atoms with Gasteiger partial charge in [-0.15, -0.1) is 10.2 Å². The topological polar surface area (TPSA) is 86.6 Å². The van der Waals surface area contributed by atoms with Gasteiger partial charge in [0.1, 0.15) is 0 Å². The van der Waals surface area contributed by atoms with Gasteiger partial charge in [-0.2, -0.15) is 4.31 Å². The van der Waals surface area contributed by atoms with Gasteiger partial charge in [0.2, 0.25) is 10.0 Å². The molecule has 2 saturated heterocycles. The number of nitrogens with zero attached hydrogens (tertiary/aromatic N) is 4. The van der Waals surface area contributed by atoms with Crippen LogP contribution in [0.15, 0.2) is 34.3 Å². The first-order valence-corrected chi connectivity index (χ1v) is 14.4. The van der Waals surface area contributed by atoms with E-state index in [0.717, 1.165) is 54.6 Å². The Balaban J connectivity index is 1.43. The van der Waals surface area contributed by atoms with Crippen molar-refractivity contribution in [3.8, 4) is 11.4 Å². The fourth-order valence-corrected chi connectivity index (χ4v) is 7.43. The van der Waals surface area contributed by atoms with E-state index in [-0.39, 0.29) is 6.10 Å². The molecule has 3 heterocycles. The van der Waals surface area contributed by atoms with E-state index in [1.807, 2.05) is 6.07 Å². The number of ether oxygens (including phenoxy) is 2. The van der Waals surface area contributed by atoms with Crippen LogP contribution in [0.3, 0.4) is 0 Å². The average Bonchev–Trinajstić information content (AvgIpc) is 3.54. The van der Waals surface area contributed by atoms with E-state index in [4.69, 9.17) is 9.47 Å². The zero-order valence-corrected chi connectivity index (χ0v) is 20.5. The maximum atomic E-state index is 13.2. The minimum absolute atomic E-state index is 0.267. The zero-order valence-electron chi connectivity index (χ0n) is 18.9. The SMILES string of the molecule is O=S(=O)(c1cccc(-c2nnc(SC[C@H]3CCCCO3)n2C2CCCC2)c1)N1CCOCC1. The molecule has 1 aromatic carbocycles. The maximum Gasteiger partial charge on any atom is 0.243 e. The summed E-state index contributed by atoms with van der Waals surface area (Å²) in [7, 11) is -3.57. The molecular weight excluding hydrogens is 460 g/mol. The van der Waals surface area contributed by atoms with Crippen LogP contribution in [-0.2, 0) is 19.5 Å². The van der Waals surface area contributed by atoms with Crippen LogP contribution >= 0.6 is 11.8 Å². The lowest BCUT2D eigenvalue weighted by atomic mass is 10.1. The van der Waals surface area contributed by atoms with E-state index >= 15 is 0 Å². The van der Waals surface area contributed by atoms with Crippen molar-refractivity contribution >= 4 is 21.8 Å². The van der Waals surface area contributed by atoms with Crippen LogP contribution in [0.2, 0.25) is 0 Å². The minimum atomic E-state index is -3.57. The van der Waals surface area contributed by atoms with Gasteiger partial charge in [-0.3, -0.25) is 4.57 Å². The van der Waals surface area contributed by atoms with Gasteiger partial charge in [-0.05, 0) is 44.2 Å². The molecule has 1 saturated carbocycles. The van der Waals surface area contributed by atoms with Gasteiger partial charge < -0.3 is 9.47 Å². The Morgan fingerprint density at radius 3 is 2.55 bits per heavy atom. The van der Waals surface area contributed by atoms with Crippen molar-refractivity contribution in [1.82, 2.24) is 19.1 Å². The van der Waals surface area contributed by atoms with E-state index in [2.05, 4.69) is 14.8 Å². The van der Waals surface area contributed by atoms with Crippen molar-refractivity contribution < 1.29 is 17.9 Å². The van der Waals surface area contributed by atoms with Crippen LogP contribution < -0.4 is 0 Å². The summed E-state index contributed by atoms with van der Waals surface area (Å²) >= 11 is 1.71. The molecule has 3 aliphatic rings. The summed E-state index contributed by atoms with van der Waals surface area (Å²) < 4.78 is 41.4. The van der Waals surface area contributed by atoms with Crippen molar-refractivity contribution in [3.63, 3.8) is 0 Å². The lowest BCUT2D eigenvalue weighted by Crippen LogP contribution is -2.40. The van der Waals surface area contributed by atoms with Crippen molar-refractivity contribution in [2.45, 2.75) is 67.1 Å². The molecule has 180 valence electrons. The summed E-state index contributed by atoms with van der Waals surface area (Å²) in [6.45, 7) is 2.47. The molecule has 0 radical (unpaired) electrons. The fourth-order valence-electron chi connectivity index (χ4n) is 4.90. The van der Waals surface area contributed by atoms with Gasteiger partial charge in [0.15, 0.2) is 11.0 Å². The number of hydrogen-bond acceptors (Lipinski definition) is 7. The monoisotopic (exact) mass is 492 g/mol. The summed E-state index contributed by atoms with van der Waals surface area (Å²) in [5.74, 6) is 1.63. The summed E-state index contributed by atoms with van der Waals surface area (Å²) in [4.78, 5) is 0.299. The van der Waals surface area contributed by atoms with E-state index in [0.29, 0.717) is 37.2 Å². The molecule has 1 aromatic heterocycles. The molecule has 1 aliphatic carbocycles. The maximum absolute atomic E-state index is 13.2. The molecule has 0 unspecified atom stereocenters. The number of morpholine rings is 1. The molecule has 1 atom stereocenters. The van der Waals surface area contributed by atoms with Crippen LogP contribution in [0.5, 0.6) is 0 Å². The van der Waals surface area contributed by atoms with Gasteiger partial charge >= 0.3 is 0 Å². The number of sulfonamides is 1. The Morgan fingerprint density at radius 1 is 1.00 bits per heavy atom. The molecule has 0 bridgehead atoms. The van der Waals surface area contributed by atoms with Gasteiger partial charge in [0, 0.05) is 37.1 Å². The number of rotatable bonds is 7. The van der Waals surface area contributed by atoms with E-state index in [1.54, 1.807) is 30.0 Å². The third-order valence-corrected chi connectivity index (χ3v) is 9.70. The number of aromatic nitrogens is 3. The van der Waals surface area contributed by atoms with Gasteiger partial charge in [0.25, 0.3) is 0 Å². The molecule has 5 rings (SSSR count). The van der Waals surface area contributed by atoms with E-state index in [9.17, 15) is 8.42 Å². The first-order valence-electron chi connectivity index (χ1n) is 12.0. The predicted octanol–water partition coefficient (Wildman–Crippen LogP) is 3.74. The zero-order chi connectivity index (χ0) is 22.7. The average molecular weight is 493 g/mol. The first-order chi connectivity index (χ1) is 16.1. The van der Waals surface area contributed by atoms with Crippen LogP contribution in [0, 0.1) is 0 Å². The first kappa shape index (κ1) is 23.3.